The van der Waals surface area contributed by atoms with E-state index in [0.717, 1.165) is 12.2 Å². The van der Waals surface area contributed by atoms with E-state index in [2.05, 4.69) is 22.2 Å². The Morgan fingerprint density at radius 3 is 2.95 bits per heavy atom. The third-order valence-electron chi connectivity index (χ3n) is 3.72. The van der Waals surface area contributed by atoms with Crippen molar-refractivity contribution in [3.63, 3.8) is 0 Å². The molecule has 0 spiro atoms. The summed E-state index contributed by atoms with van der Waals surface area (Å²) in [6, 6.07) is 0.222. The molecule has 3 N–H and O–H groups in total. The number of hydrogen-bond donors (Lipinski definition) is 2. The lowest BCUT2D eigenvalue weighted by atomic mass is 10.2. The van der Waals surface area contributed by atoms with Crippen molar-refractivity contribution in [1.29, 1.82) is 0 Å². The van der Waals surface area contributed by atoms with E-state index in [1.165, 1.54) is 19.0 Å². The molecule has 0 radical (unpaired) electrons. The maximum Gasteiger partial charge on any atom is 0.272 e. The second kappa shape index (κ2) is 7.11. The monoisotopic (exact) mass is 308 g/mol. The van der Waals surface area contributed by atoms with Gasteiger partial charge in [-0.15, -0.1) is 0 Å². The number of nitrogens with zero attached hydrogens (tertiary/aromatic N) is 2. The van der Waals surface area contributed by atoms with E-state index < -0.39 is 0 Å². The van der Waals surface area contributed by atoms with Crippen LogP contribution in [0.15, 0.2) is 6.20 Å². The normalized spacial score (nSPS) is 21.7. The topological polar surface area (TPSA) is 80.9 Å². The molecule has 116 valence electrons. The van der Waals surface area contributed by atoms with E-state index in [1.807, 2.05) is 25.6 Å². The Kier molecular flexibility index (Phi) is 5.45. The predicted molar refractivity (Wildman–Crippen MR) is 87.6 cm³/mol. The average molecular weight is 308 g/mol. The Hall–Kier alpha value is -1.30. The minimum absolute atomic E-state index is 0.173. The highest BCUT2D eigenvalue weighted by Gasteiger charge is 2.29. The number of nitrogen functional groups attached to an aromatic ring is 1. The quantitative estimate of drug-likeness (QED) is 0.874. The first-order chi connectivity index (χ1) is 10.0. The molecule has 5 nitrogen and oxygen atoms in total. The summed E-state index contributed by atoms with van der Waals surface area (Å²) < 4.78 is 0. The van der Waals surface area contributed by atoms with Crippen LogP contribution in [0.2, 0.25) is 0 Å². The van der Waals surface area contributed by atoms with Gasteiger partial charge in [0.15, 0.2) is 5.69 Å². The summed E-state index contributed by atoms with van der Waals surface area (Å²) in [4.78, 5) is 21.0. The molecule has 6 heteroatoms. The van der Waals surface area contributed by atoms with Gasteiger partial charge in [-0.1, -0.05) is 27.2 Å². The Morgan fingerprint density at radius 2 is 2.29 bits per heavy atom. The highest BCUT2D eigenvalue weighted by Crippen LogP contribution is 2.30. The van der Waals surface area contributed by atoms with Gasteiger partial charge in [-0.05, 0) is 18.6 Å². The standard InChI is InChI=1S/C15H24N4OS/c1-4-21-12-7-5-6-11(12)18-15(20)13-10(16)8-17-14(19-13)9(2)3/h8-9,11-12H,4-7,16H2,1-3H3,(H,18,20). The van der Waals surface area contributed by atoms with Gasteiger partial charge in [0.05, 0.1) is 11.9 Å². The Labute approximate surface area is 130 Å². The molecule has 1 heterocycles. The van der Waals surface area contributed by atoms with Gasteiger partial charge in [0.1, 0.15) is 5.82 Å². The number of aromatic nitrogens is 2. The van der Waals surface area contributed by atoms with Gasteiger partial charge in [-0.3, -0.25) is 4.79 Å². The fraction of sp³-hybridized carbons (Fsp3) is 0.667. The zero-order chi connectivity index (χ0) is 15.4. The van der Waals surface area contributed by atoms with Crippen molar-refractivity contribution in [2.75, 3.05) is 11.5 Å². The van der Waals surface area contributed by atoms with Gasteiger partial charge in [0, 0.05) is 17.2 Å². The van der Waals surface area contributed by atoms with Crippen LogP contribution in [-0.2, 0) is 0 Å². The number of nitrogens with one attached hydrogen (secondary N) is 1. The molecule has 2 atom stereocenters. The van der Waals surface area contributed by atoms with Crippen LogP contribution >= 0.6 is 11.8 Å². The van der Waals surface area contributed by atoms with Crippen LogP contribution in [0.5, 0.6) is 0 Å². The zero-order valence-corrected chi connectivity index (χ0v) is 13.7. The number of hydrogen-bond acceptors (Lipinski definition) is 5. The van der Waals surface area contributed by atoms with Crippen LogP contribution in [-0.4, -0.2) is 32.9 Å². The number of carbonyl (C=O) groups is 1. The van der Waals surface area contributed by atoms with Crippen LogP contribution in [0.25, 0.3) is 0 Å². The van der Waals surface area contributed by atoms with Crippen molar-refractivity contribution in [3.05, 3.63) is 17.7 Å². The van der Waals surface area contributed by atoms with Gasteiger partial charge >= 0.3 is 0 Å². The van der Waals surface area contributed by atoms with E-state index in [4.69, 9.17) is 5.73 Å². The van der Waals surface area contributed by atoms with Gasteiger partial charge in [0.25, 0.3) is 5.91 Å². The molecule has 0 aromatic carbocycles. The molecular weight excluding hydrogens is 284 g/mol. The zero-order valence-electron chi connectivity index (χ0n) is 12.9. The fourth-order valence-corrected chi connectivity index (χ4v) is 3.80. The SMILES string of the molecule is CCSC1CCCC1NC(=O)c1nc(C(C)C)ncc1N. The van der Waals surface area contributed by atoms with Gasteiger partial charge in [-0.25, -0.2) is 9.97 Å². The summed E-state index contributed by atoms with van der Waals surface area (Å²) in [5, 5.41) is 3.61. The highest BCUT2D eigenvalue weighted by molar-refractivity contribution is 7.99. The number of thioether (sulfide) groups is 1. The Balaban J connectivity index is 2.11. The first-order valence-electron chi connectivity index (χ1n) is 7.57. The maximum absolute atomic E-state index is 12.5. The summed E-state index contributed by atoms with van der Waals surface area (Å²) in [5.74, 6) is 1.72. The van der Waals surface area contributed by atoms with E-state index in [1.54, 1.807) is 0 Å². The van der Waals surface area contributed by atoms with Crippen molar-refractivity contribution in [2.45, 2.75) is 57.2 Å². The molecule has 0 aliphatic heterocycles. The van der Waals surface area contributed by atoms with Gasteiger partial charge < -0.3 is 11.1 Å². The molecule has 1 aliphatic rings. The van der Waals surface area contributed by atoms with Gasteiger partial charge in [-0.2, -0.15) is 11.8 Å². The first-order valence-corrected chi connectivity index (χ1v) is 8.62. The van der Waals surface area contributed by atoms with Crippen molar-refractivity contribution >= 4 is 23.4 Å². The van der Waals surface area contributed by atoms with Crippen LogP contribution in [0.1, 0.15) is 62.3 Å². The van der Waals surface area contributed by atoms with E-state index in [9.17, 15) is 4.79 Å². The molecule has 1 fully saturated rings. The third kappa shape index (κ3) is 3.87. The van der Waals surface area contributed by atoms with E-state index in [-0.39, 0.29) is 17.9 Å². The number of carbonyl (C=O) groups excluding carboxylic acids is 1. The van der Waals surface area contributed by atoms with Crippen LogP contribution in [0.3, 0.4) is 0 Å². The molecule has 0 bridgehead atoms. The second-order valence-electron chi connectivity index (χ2n) is 5.69. The van der Waals surface area contributed by atoms with Crippen LogP contribution in [0, 0.1) is 0 Å². The van der Waals surface area contributed by atoms with Crippen molar-refractivity contribution in [3.8, 4) is 0 Å². The number of nitrogens with two attached hydrogens (primary N) is 1. The molecule has 1 amide bonds. The fourth-order valence-electron chi connectivity index (χ4n) is 2.61. The lowest BCUT2D eigenvalue weighted by Crippen LogP contribution is -2.39. The molecule has 2 rings (SSSR count). The molecule has 21 heavy (non-hydrogen) atoms. The summed E-state index contributed by atoms with van der Waals surface area (Å²) in [6.45, 7) is 6.15. The molecule has 1 aliphatic carbocycles. The van der Waals surface area contributed by atoms with E-state index >= 15 is 0 Å². The molecule has 1 saturated carbocycles. The number of anilines is 1. The first kappa shape index (κ1) is 16.1. The average Bonchev–Trinajstić information content (AvgIpc) is 2.86. The summed E-state index contributed by atoms with van der Waals surface area (Å²) >= 11 is 1.92. The van der Waals surface area contributed by atoms with Gasteiger partial charge in [0.2, 0.25) is 0 Å². The Morgan fingerprint density at radius 1 is 1.52 bits per heavy atom. The molecule has 1 aromatic rings. The molecule has 0 saturated heterocycles. The lowest BCUT2D eigenvalue weighted by molar-refractivity contribution is 0.0934. The summed E-state index contributed by atoms with van der Waals surface area (Å²) in [5.41, 5.74) is 6.52. The summed E-state index contributed by atoms with van der Waals surface area (Å²) in [7, 11) is 0. The third-order valence-corrected chi connectivity index (χ3v) is 5.04. The largest absolute Gasteiger partial charge is 0.396 e. The number of rotatable bonds is 5. The van der Waals surface area contributed by atoms with Crippen molar-refractivity contribution in [2.24, 2.45) is 0 Å². The Bertz CT molecular complexity index is 506. The van der Waals surface area contributed by atoms with Crippen LogP contribution < -0.4 is 11.1 Å². The molecular formula is C15H24N4OS. The van der Waals surface area contributed by atoms with Crippen molar-refractivity contribution in [1.82, 2.24) is 15.3 Å². The second-order valence-corrected chi connectivity index (χ2v) is 7.21. The van der Waals surface area contributed by atoms with Crippen LogP contribution in [0.4, 0.5) is 5.69 Å². The minimum Gasteiger partial charge on any atom is -0.396 e. The molecule has 1 aromatic heterocycles. The maximum atomic E-state index is 12.5. The minimum atomic E-state index is -0.176. The smallest absolute Gasteiger partial charge is 0.272 e. The lowest BCUT2D eigenvalue weighted by Gasteiger charge is -2.20. The highest BCUT2D eigenvalue weighted by atomic mass is 32.2. The number of amides is 1. The summed E-state index contributed by atoms with van der Waals surface area (Å²) in [6.07, 6.45) is 4.90. The molecule has 2 unspecified atom stereocenters. The van der Waals surface area contributed by atoms with E-state index in [0.29, 0.717) is 22.5 Å². The van der Waals surface area contributed by atoms with Crippen molar-refractivity contribution < 1.29 is 4.79 Å². The predicted octanol–water partition coefficient (Wildman–Crippen LogP) is 2.59.